The first-order chi connectivity index (χ1) is 9.70. The number of amides is 1. The van der Waals surface area contributed by atoms with E-state index in [9.17, 15) is 4.79 Å². The largest absolute Gasteiger partial charge is 0.341 e. The first-order valence-electron chi connectivity index (χ1n) is 7.64. The zero-order chi connectivity index (χ0) is 14.4. The Labute approximate surface area is 120 Å². The summed E-state index contributed by atoms with van der Waals surface area (Å²) in [6, 6.07) is -0.0814. The molecule has 1 aliphatic rings. The topological polar surface area (TPSA) is 77.0 Å². The minimum absolute atomic E-state index is 0.0814. The van der Waals surface area contributed by atoms with Gasteiger partial charge in [-0.25, -0.2) is 4.68 Å². The van der Waals surface area contributed by atoms with Crippen molar-refractivity contribution in [3.63, 3.8) is 0 Å². The van der Waals surface area contributed by atoms with Crippen molar-refractivity contribution in [1.82, 2.24) is 19.9 Å². The summed E-state index contributed by atoms with van der Waals surface area (Å²) in [5, 5.41) is 8.09. The molecule has 112 valence electrons. The third-order valence-corrected chi connectivity index (χ3v) is 3.79. The Kier molecular flexibility index (Phi) is 5.52. The Morgan fingerprint density at radius 2 is 2.05 bits per heavy atom. The molecule has 0 saturated carbocycles. The molecule has 0 aromatic carbocycles. The maximum atomic E-state index is 12.2. The lowest BCUT2D eigenvalue weighted by Gasteiger charge is -2.19. The molecule has 1 aromatic heterocycles. The molecule has 1 aromatic rings. The maximum absolute atomic E-state index is 12.2. The highest BCUT2D eigenvalue weighted by Crippen LogP contribution is 2.13. The van der Waals surface area contributed by atoms with E-state index in [-0.39, 0.29) is 18.5 Å². The van der Waals surface area contributed by atoms with Gasteiger partial charge in [-0.05, 0) is 19.3 Å². The van der Waals surface area contributed by atoms with E-state index in [1.807, 2.05) is 4.90 Å². The average Bonchev–Trinajstić information content (AvgIpc) is 2.73. The van der Waals surface area contributed by atoms with E-state index in [4.69, 9.17) is 5.73 Å². The van der Waals surface area contributed by atoms with Gasteiger partial charge in [-0.15, -0.1) is 5.10 Å². The van der Waals surface area contributed by atoms with Crippen LogP contribution in [0.25, 0.3) is 0 Å². The van der Waals surface area contributed by atoms with Crippen molar-refractivity contribution in [3.05, 3.63) is 11.9 Å². The molecule has 0 spiro atoms. The van der Waals surface area contributed by atoms with Gasteiger partial charge in [0.25, 0.3) is 0 Å². The van der Waals surface area contributed by atoms with E-state index in [0.29, 0.717) is 0 Å². The molecule has 6 nitrogen and oxygen atoms in total. The number of hydrogen-bond donors (Lipinski definition) is 1. The van der Waals surface area contributed by atoms with Crippen LogP contribution >= 0.6 is 0 Å². The molecule has 2 N–H and O–H groups in total. The summed E-state index contributed by atoms with van der Waals surface area (Å²) in [5.74, 6) is 0.132. The summed E-state index contributed by atoms with van der Waals surface area (Å²) >= 11 is 0. The second-order valence-corrected chi connectivity index (χ2v) is 5.53. The first kappa shape index (κ1) is 15.0. The van der Waals surface area contributed by atoms with Crippen molar-refractivity contribution < 1.29 is 4.79 Å². The molecule has 1 atom stereocenters. The van der Waals surface area contributed by atoms with Crippen LogP contribution in [0.4, 0.5) is 0 Å². The highest BCUT2D eigenvalue weighted by atomic mass is 16.2. The maximum Gasteiger partial charge on any atom is 0.244 e. The number of carbonyl (C=O) groups is 1. The van der Waals surface area contributed by atoms with Gasteiger partial charge in [0.15, 0.2) is 0 Å². The van der Waals surface area contributed by atoms with Gasteiger partial charge in [-0.2, -0.15) is 0 Å². The minimum atomic E-state index is -0.0814. The van der Waals surface area contributed by atoms with E-state index in [0.717, 1.165) is 44.5 Å². The molecule has 1 aliphatic heterocycles. The standard InChI is InChI=1S/C14H25N5O/c1-2-7-12(15)13-10-19(17-16-13)11-14(20)18-8-5-3-4-6-9-18/h10,12H,2-9,11,15H2,1H3. The van der Waals surface area contributed by atoms with E-state index >= 15 is 0 Å². The predicted octanol–water partition coefficient (Wildman–Crippen LogP) is 1.48. The molecule has 0 aliphatic carbocycles. The summed E-state index contributed by atoms with van der Waals surface area (Å²) in [4.78, 5) is 14.2. The van der Waals surface area contributed by atoms with Crippen LogP contribution < -0.4 is 5.73 Å². The van der Waals surface area contributed by atoms with Crippen molar-refractivity contribution in [2.45, 2.75) is 58.0 Å². The van der Waals surface area contributed by atoms with E-state index in [2.05, 4.69) is 17.2 Å². The van der Waals surface area contributed by atoms with E-state index < -0.39 is 0 Å². The summed E-state index contributed by atoms with van der Waals surface area (Å²) in [5.41, 5.74) is 6.78. The van der Waals surface area contributed by atoms with E-state index in [1.165, 1.54) is 12.8 Å². The van der Waals surface area contributed by atoms with Crippen molar-refractivity contribution in [1.29, 1.82) is 0 Å². The molecule has 20 heavy (non-hydrogen) atoms. The Morgan fingerprint density at radius 3 is 2.70 bits per heavy atom. The molecular formula is C14H25N5O. The quantitative estimate of drug-likeness (QED) is 0.885. The van der Waals surface area contributed by atoms with Gasteiger partial charge in [0.2, 0.25) is 5.91 Å². The zero-order valence-electron chi connectivity index (χ0n) is 12.3. The molecule has 1 saturated heterocycles. The van der Waals surface area contributed by atoms with Gasteiger partial charge in [-0.1, -0.05) is 31.4 Å². The first-order valence-corrected chi connectivity index (χ1v) is 7.64. The second kappa shape index (κ2) is 7.38. The zero-order valence-corrected chi connectivity index (χ0v) is 12.3. The number of likely N-dealkylation sites (tertiary alicyclic amines) is 1. The monoisotopic (exact) mass is 279 g/mol. The van der Waals surface area contributed by atoms with Crippen molar-refractivity contribution in [2.75, 3.05) is 13.1 Å². The third-order valence-electron chi connectivity index (χ3n) is 3.79. The average molecular weight is 279 g/mol. The van der Waals surface area contributed by atoms with Gasteiger partial charge in [0.05, 0.1) is 17.9 Å². The summed E-state index contributed by atoms with van der Waals surface area (Å²) in [6.45, 7) is 4.10. The van der Waals surface area contributed by atoms with Crippen LogP contribution in [0.2, 0.25) is 0 Å². The van der Waals surface area contributed by atoms with Crippen molar-refractivity contribution >= 4 is 5.91 Å². The molecule has 1 amide bonds. The Bertz CT molecular complexity index is 423. The predicted molar refractivity (Wildman–Crippen MR) is 76.9 cm³/mol. The van der Waals surface area contributed by atoms with Gasteiger partial charge in [-0.3, -0.25) is 4.79 Å². The van der Waals surface area contributed by atoms with Crippen molar-refractivity contribution in [2.24, 2.45) is 5.73 Å². The molecule has 1 fully saturated rings. The van der Waals surface area contributed by atoms with Crippen LogP contribution in [0.3, 0.4) is 0 Å². The normalized spacial score (nSPS) is 17.8. The van der Waals surface area contributed by atoms with Crippen LogP contribution in [0.15, 0.2) is 6.20 Å². The molecular weight excluding hydrogens is 254 g/mol. The summed E-state index contributed by atoms with van der Waals surface area (Å²) < 4.78 is 1.61. The Morgan fingerprint density at radius 1 is 1.35 bits per heavy atom. The second-order valence-electron chi connectivity index (χ2n) is 5.53. The van der Waals surface area contributed by atoms with Gasteiger partial charge in [0.1, 0.15) is 6.54 Å². The third kappa shape index (κ3) is 4.03. The molecule has 0 radical (unpaired) electrons. The minimum Gasteiger partial charge on any atom is -0.341 e. The fourth-order valence-electron chi connectivity index (χ4n) is 2.58. The van der Waals surface area contributed by atoms with Crippen LogP contribution in [0.5, 0.6) is 0 Å². The molecule has 2 rings (SSSR count). The highest BCUT2D eigenvalue weighted by Gasteiger charge is 2.17. The SMILES string of the molecule is CCCC(N)c1cn(CC(=O)N2CCCCCC2)nn1. The van der Waals surface area contributed by atoms with Gasteiger partial charge < -0.3 is 10.6 Å². The van der Waals surface area contributed by atoms with Crippen LogP contribution in [-0.2, 0) is 11.3 Å². The number of nitrogens with zero attached hydrogens (tertiary/aromatic N) is 4. The lowest BCUT2D eigenvalue weighted by Crippen LogP contribution is -2.34. The number of hydrogen-bond acceptors (Lipinski definition) is 4. The number of nitrogens with two attached hydrogens (primary N) is 1. The lowest BCUT2D eigenvalue weighted by atomic mass is 10.1. The van der Waals surface area contributed by atoms with Crippen molar-refractivity contribution in [3.8, 4) is 0 Å². The summed E-state index contributed by atoms with van der Waals surface area (Å²) in [6.07, 6.45) is 8.37. The van der Waals surface area contributed by atoms with Gasteiger partial charge in [0, 0.05) is 13.1 Å². The number of aromatic nitrogens is 3. The van der Waals surface area contributed by atoms with Gasteiger partial charge >= 0.3 is 0 Å². The number of carbonyl (C=O) groups excluding carboxylic acids is 1. The van der Waals surface area contributed by atoms with Crippen LogP contribution in [0, 0.1) is 0 Å². The molecule has 1 unspecified atom stereocenters. The van der Waals surface area contributed by atoms with Crippen LogP contribution in [0.1, 0.15) is 57.2 Å². The fourth-order valence-corrected chi connectivity index (χ4v) is 2.58. The number of rotatable bonds is 5. The van der Waals surface area contributed by atoms with Crippen LogP contribution in [-0.4, -0.2) is 38.9 Å². The Balaban J connectivity index is 1.90. The fraction of sp³-hybridized carbons (Fsp3) is 0.786. The Hall–Kier alpha value is -1.43. The lowest BCUT2D eigenvalue weighted by molar-refractivity contribution is -0.132. The smallest absolute Gasteiger partial charge is 0.244 e. The molecule has 6 heteroatoms. The summed E-state index contributed by atoms with van der Waals surface area (Å²) in [7, 11) is 0. The highest BCUT2D eigenvalue weighted by molar-refractivity contribution is 5.75. The van der Waals surface area contributed by atoms with E-state index in [1.54, 1.807) is 10.9 Å². The molecule has 0 bridgehead atoms. The molecule has 2 heterocycles.